The molecule has 0 radical (unpaired) electrons. The summed E-state index contributed by atoms with van der Waals surface area (Å²) < 4.78 is 17.8. The van der Waals surface area contributed by atoms with Crippen LogP contribution >= 0.6 is 0 Å². The van der Waals surface area contributed by atoms with Crippen molar-refractivity contribution in [2.75, 3.05) is 6.61 Å². The van der Waals surface area contributed by atoms with Crippen molar-refractivity contribution in [3.63, 3.8) is 0 Å². The van der Waals surface area contributed by atoms with Crippen LogP contribution in [0.4, 0.5) is 4.39 Å². The quantitative estimate of drug-likeness (QED) is 0.722. The van der Waals surface area contributed by atoms with Gasteiger partial charge in [-0.3, -0.25) is 0 Å². The van der Waals surface area contributed by atoms with E-state index in [-0.39, 0.29) is 11.9 Å². The largest absolute Gasteiger partial charge is 0.488 e. The lowest BCUT2D eigenvalue weighted by Crippen LogP contribution is -2.21. The second-order valence-corrected chi connectivity index (χ2v) is 2.72. The van der Waals surface area contributed by atoms with Gasteiger partial charge < -0.3 is 9.57 Å². The van der Waals surface area contributed by atoms with E-state index in [0.717, 1.165) is 0 Å². The number of hydrogen-bond donors (Lipinski definition) is 1. The fraction of sp³-hybridized carbons (Fsp3) is 0.333. The van der Waals surface area contributed by atoms with Crippen molar-refractivity contribution < 1.29 is 14.0 Å². The normalized spacial score (nSPS) is 12.5. The van der Waals surface area contributed by atoms with Crippen LogP contribution in [0, 0.1) is 5.82 Å². The smallest absolute Gasteiger partial charge is 0.123 e. The highest BCUT2D eigenvalue weighted by atomic mass is 19.1. The van der Waals surface area contributed by atoms with E-state index in [4.69, 9.17) is 10.6 Å². The minimum absolute atomic E-state index is 0.143. The summed E-state index contributed by atoms with van der Waals surface area (Å²) in [6.07, 6.45) is -0.143. The van der Waals surface area contributed by atoms with Gasteiger partial charge in [0.1, 0.15) is 24.3 Å². The van der Waals surface area contributed by atoms with Crippen LogP contribution in [-0.4, -0.2) is 12.7 Å². The first-order valence-electron chi connectivity index (χ1n) is 3.96. The van der Waals surface area contributed by atoms with Crippen molar-refractivity contribution in [1.29, 1.82) is 0 Å². The van der Waals surface area contributed by atoms with Crippen molar-refractivity contribution >= 4 is 0 Å². The Hall–Kier alpha value is -1.13. The summed E-state index contributed by atoms with van der Waals surface area (Å²) in [6, 6.07) is 5.79. The number of hydrogen-bond acceptors (Lipinski definition) is 3. The van der Waals surface area contributed by atoms with Crippen LogP contribution < -0.4 is 10.6 Å². The van der Waals surface area contributed by atoms with Crippen molar-refractivity contribution in [3.8, 4) is 5.75 Å². The molecule has 13 heavy (non-hydrogen) atoms. The molecule has 0 saturated heterocycles. The zero-order valence-electron chi connectivity index (χ0n) is 7.37. The summed E-state index contributed by atoms with van der Waals surface area (Å²) >= 11 is 0. The Bertz CT molecular complexity index is 250. The first-order valence-corrected chi connectivity index (χ1v) is 3.96. The van der Waals surface area contributed by atoms with E-state index < -0.39 is 0 Å². The molecule has 0 spiro atoms. The lowest BCUT2D eigenvalue weighted by molar-refractivity contribution is 0.0589. The van der Waals surface area contributed by atoms with Crippen molar-refractivity contribution in [1.82, 2.24) is 0 Å². The molecule has 4 heteroatoms. The molecular weight excluding hydrogens is 173 g/mol. The molecule has 1 rings (SSSR count). The monoisotopic (exact) mass is 185 g/mol. The Morgan fingerprint density at radius 1 is 1.38 bits per heavy atom. The predicted octanol–water partition coefficient (Wildman–Crippen LogP) is 1.48. The average molecular weight is 185 g/mol. The SMILES string of the molecule is CC(CON)Oc1ccc(F)cc1. The van der Waals surface area contributed by atoms with Crippen molar-refractivity contribution in [2.45, 2.75) is 13.0 Å². The summed E-state index contributed by atoms with van der Waals surface area (Å²) in [5, 5.41) is 0. The van der Waals surface area contributed by atoms with Crippen LogP contribution in [0.15, 0.2) is 24.3 Å². The van der Waals surface area contributed by atoms with E-state index in [1.807, 2.05) is 6.92 Å². The van der Waals surface area contributed by atoms with E-state index in [2.05, 4.69) is 4.84 Å². The number of ether oxygens (including phenoxy) is 1. The zero-order chi connectivity index (χ0) is 9.68. The number of benzene rings is 1. The molecule has 0 aliphatic rings. The van der Waals surface area contributed by atoms with Crippen LogP contribution in [0.1, 0.15) is 6.92 Å². The maximum Gasteiger partial charge on any atom is 0.123 e. The van der Waals surface area contributed by atoms with Gasteiger partial charge in [0, 0.05) is 0 Å². The van der Waals surface area contributed by atoms with Crippen LogP contribution in [0.5, 0.6) is 5.75 Å². The van der Waals surface area contributed by atoms with Gasteiger partial charge in [0.25, 0.3) is 0 Å². The minimum Gasteiger partial charge on any atom is -0.488 e. The maximum atomic E-state index is 12.5. The van der Waals surface area contributed by atoms with Gasteiger partial charge >= 0.3 is 0 Å². The second kappa shape index (κ2) is 4.79. The van der Waals surface area contributed by atoms with Gasteiger partial charge in [-0.15, -0.1) is 0 Å². The summed E-state index contributed by atoms with van der Waals surface area (Å²) in [5.74, 6) is 5.19. The van der Waals surface area contributed by atoms with Gasteiger partial charge in [0.2, 0.25) is 0 Å². The highest BCUT2D eigenvalue weighted by Crippen LogP contribution is 2.12. The molecule has 0 aliphatic carbocycles. The highest BCUT2D eigenvalue weighted by molar-refractivity contribution is 5.22. The molecule has 1 aromatic rings. The highest BCUT2D eigenvalue weighted by Gasteiger charge is 2.02. The molecule has 0 saturated carbocycles. The van der Waals surface area contributed by atoms with Gasteiger partial charge in [-0.2, -0.15) is 0 Å². The summed E-state index contributed by atoms with van der Waals surface area (Å²) in [7, 11) is 0. The summed E-state index contributed by atoms with van der Waals surface area (Å²) in [6.45, 7) is 2.12. The minimum atomic E-state index is -0.282. The summed E-state index contributed by atoms with van der Waals surface area (Å²) in [4.78, 5) is 4.40. The van der Waals surface area contributed by atoms with Gasteiger partial charge in [-0.1, -0.05) is 0 Å². The van der Waals surface area contributed by atoms with E-state index in [1.54, 1.807) is 12.1 Å². The average Bonchev–Trinajstić information content (AvgIpc) is 2.09. The van der Waals surface area contributed by atoms with Crippen molar-refractivity contribution in [3.05, 3.63) is 30.1 Å². The second-order valence-electron chi connectivity index (χ2n) is 2.72. The van der Waals surface area contributed by atoms with E-state index in [0.29, 0.717) is 12.4 Å². The Morgan fingerprint density at radius 2 is 2.00 bits per heavy atom. The topological polar surface area (TPSA) is 44.5 Å². The molecule has 0 aliphatic heterocycles. The third kappa shape index (κ3) is 3.40. The van der Waals surface area contributed by atoms with E-state index in [1.165, 1.54) is 12.1 Å². The number of rotatable bonds is 4. The Morgan fingerprint density at radius 3 is 2.54 bits per heavy atom. The van der Waals surface area contributed by atoms with Gasteiger partial charge in [-0.25, -0.2) is 10.3 Å². The van der Waals surface area contributed by atoms with Crippen LogP contribution in [0.3, 0.4) is 0 Å². The molecule has 0 aromatic heterocycles. The molecule has 72 valence electrons. The molecule has 1 atom stereocenters. The predicted molar refractivity (Wildman–Crippen MR) is 46.6 cm³/mol. The Balaban J connectivity index is 2.49. The molecule has 3 nitrogen and oxygen atoms in total. The molecular formula is C9H12FNO2. The third-order valence-electron chi connectivity index (χ3n) is 1.48. The molecule has 1 unspecified atom stereocenters. The Labute approximate surface area is 76.2 Å². The van der Waals surface area contributed by atoms with Gasteiger partial charge in [0.05, 0.1) is 0 Å². The molecule has 0 heterocycles. The lowest BCUT2D eigenvalue weighted by atomic mass is 10.3. The van der Waals surface area contributed by atoms with Crippen molar-refractivity contribution in [2.24, 2.45) is 5.90 Å². The number of nitrogens with two attached hydrogens (primary N) is 1. The van der Waals surface area contributed by atoms with Gasteiger partial charge in [-0.05, 0) is 31.2 Å². The standard InChI is InChI=1S/C9H12FNO2/c1-7(6-12-11)13-9-4-2-8(10)3-5-9/h2-5,7H,6,11H2,1H3. The van der Waals surface area contributed by atoms with E-state index in [9.17, 15) is 4.39 Å². The fourth-order valence-corrected chi connectivity index (χ4v) is 0.915. The van der Waals surface area contributed by atoms with E-state index >= 15 is 0 Å². The molecule has 0 amide bonds. The molecule has 0 bridgehead atoms. The zero-order valence-corrected chi connectivity index (χ0v) is 7.37. The number of halogens is 1. The first-order chi connectivity index (χ1) is 6.22. The Kier molecular flexibility index (Phi) is 3.67. The van der Waals surface area contributed by atoms with Crippen LogP contribution in [-0.2, 0) is 4.84 Å². The third-order valence-corrected chi connectivity index (χ3v) is 1.48. The van der Waals surface area contributed by atoms with Crippen LogP contribution in [0.2, 0.25) is 0 Å². The fourth-order valence-electron chi connectivity index (χ4n) is 0.915. The maximum absolute atomic E-state index is 12.5. The van der Waals surface area contributed by atoms with Gasteiger partial charge in [0.15, 0.2) is 0 Å². The molecule has 1 aromatic carbocycles. The molecule has 2 N–H and O–H groups in total. The first kappa shape index (κ1) is 9.95. The molecule has 0 fully saturated rings. The lowest BCUT2D eigenvalue weighted by Gasteiger charge is -2.12. The van der Waals surface area contributed by atoms with Crippen LogP contribution in [0.25, 0.3) is 0 Å². The summed E-state index contributed by atoms with van der Waals surface area (Å²) in [5.41, 5.74) is 0.